The van der Waals surface area contributed by atoms with Crippen LogP contribution < -0.4 is 10.6 Å². The van der Waals surface area contributed by atoms with Gasteiger partial charge in [0, 0.05) is 31.0 Å². The van der Waals surface area contributed by atoms with Crippen molar-refractivity contribution in [3.8, 4) is 12.3 Å². The third kappa shape index (κ3) is 3.16. The van der Waals surface area contributed by atoms with Crippen LogP contribution in [0.15, 0.2) is 4.99 Å². The first-order valence-electron chi connectivity index (χ1n) is 6.63. The lowest BCUT2D eigenvalue weighted by atomic mass is 9.55. The molecule has 3 atom stereocenters. The fourth-order valence-electron chi connectivity index (χ4n) is 3.29. The van der Waals surface area contributed by atoms with Crippen molar-refractivity contribution in [3.05, 3.63) is 0 Å². The molecular weight excluding hydrogens is 353 g/mol. The number of rotatable bonds is 2. The van der Waals surface area contributed by atoms with E-state index >= 15 is 0 Å². The van der Waals surface area contributed by atoms with Crippen molar-refractivity contribution in [2.75, 3.05) is 20.2 Å². The fourth-order valence-corrected chi connectivity index (χ4v) is 3.29. The van der Waals surface area contributed by atoms with Gasteiger partial charge in [-0.25, -0.2) is 0 Å². The number of fused-ring (bicyclic) bond motifs is 1. The van der Waals surface area contributed by atoms with E-state index in [9.17, 15) is 0 Å². The summed E-state index contributed by atoms with van der Waals surface area (Å²) < 4.78 is 5.89. The summed E-state index contributed by atoms with van der Waals surface area (Å²) in [4.78, 5) is 4.21. The van der Waals surface area contributed by atoms with E-state index in [2.05, 4.69) is 35.4 Å². The highest BCUT2D eigenvalue weighted by molar-refractivity contribution is 14.0. The smallest absolute Gasteiger partial charge is 0.191 e. The van der Waals surface area contributed by atoms with Gasteiger partial charge in [-0.3, -0.25) is 4.99 Å². The molecule has 0 spiro atoms. The number of terminal acetylenes is 1. The topological polar surface area (TPSA) is 45.7 Å². The third-order valence-corrected chi connectivity index (χ3v) is 4.20. The van der Waals surface area contributed by atoms with E-state index in [-0.39, 0.29) is 29.4 Å². The van der Waals surface area contributed by atoms with Gasteiger partial charge in [0.15, 0.2) is 5.96 Å². The molecule has 0 aromatic carbocycles. The second-order valence-electron chi connectivity index (χ2n) is 5.67. The van der Waals surface area contributed by atoms with Crippen LogP contribution in [0.25, 0.3) is 0 Å². The highest BCUT2D eigenvalue weighted by Crippen LogP contribution is 2.51. The Balaban J connectivity index is 0.00000180. The predicted octanol–water partition coefficient (Wildman–Crippen LogP) is 1.61. The first-order chi connectivity index (χ1) is 8.61. The van der Waals surface area contributed by atoms with Gasteiger partial charge in [-0.1, -0.05) is 19.8 Å². The van der Waals surface area contributed by atoms with Crippen LogP contribution in [0.1, 0.15) is 26.7 Å². The van der Waals surface area contributed by atoms with Crippen molar-refractivity contribution in [2.45, 2.75) is 38.8 Å². The van der Waals surface area contributed by atoms with Gasteiger partial charge in [0.2, 0.25) is 0 Å². The van der Waals surface area contributed by atoms with E-state index in [1.807, 2.05) is 0 Å². The molecular formula is C14H24IN3O. The second kappa shape index (κ2) is 6.80. The standard InChI is InChI=1S/C14H23N3O.HI/c1-5-8-16-13(15-4)17-11-10-7-6-9-18-12(10)14(11,2)3;/h1,10-12H,6-9H2,2-4H3,(H2,15,16,17);1H. The highest BCUT2D eigenvalue weighted by atomic mass is 127. The first-order valence-corrected chi connectivity index (χ1v) is 6.63. The van der Waals surface area contributed by atoms with Gasteiger partial charge in [0.05, 0.1) is 12.6 Å². The lowest BCUT2D eigenvalue weighted by molar-refractivity contribution is -0.188. The van der Waals surface area contributed by atoms with Crippen LogP contribution in [-0.2, 0) is 4.74 Å². The molecule has 19 heavy (non-hydrogen) atoms. The van der Waals surface area contributed by atoms with Gasteiger partial charge in [-0.15, -0.1) is 30.4 Å². The minimum Gasteiger partial charge on any atom is -0.377 e. The molecule has 3 unspecified atom stereocenters. The molecule has 5 heteroatoms. The van der Waals surface area contributed by atoms with Crippen molar-refractivity contribution in [1.82, 2.24) is 10.6 Å². The van der Waals surface area contributed by atoms with Crippen LogP contribution in [0.5, 0.6) is 0 Å². The Morgan fingerprint density at radius 3 is 2.89 bits per heavy atom. The molecule has 1 saturated heterocycles. The maximum atomic E-state index is 5.89. The first kappa shape index (κ1) is 16.6. The van der Waals surface area contributed by atoms with Crippen molar-refractivity contribution in [2.24, 2.45) is 16.3 Å². The fraction of sp³-hybridized carbons (Fsp3) is 0.786. The minimum absolute atomic E-state index is 0. The molecule has 1 aliphatic heterocycles. The number of nitrogens with one attached hydrogen (secondary N) is 2. The Hall–Kier alpha value is -0.480. The molecule has 0 bridgehead atoms. The number of aliphatic imine (C=N–C) groups is 1. The Morgan fingerprint density at radius 2 is 2.26 bits per heavy atom. The van der Waals surface area contributed by atoms with Crippen molar-refractivity contribution in [3.63, 3.8) is 0 Å². The van der Waals surface area contributed by atoms with E-state index in [1.54, 1.807) is 7.05 Å². The monoisotopic (exact) mass is 377 g/mol. The Bertz CT molecular complexity index is 375. The summed E-state index contributed by atoms with van der Waals surface area (Å²) in [6.07, 6.45) is 8.03. The van der Waals surface area contributed by atoms with E-state index in [4.69, 9.17) is 11.2 Å². The summed E-state index contributed by atoms with van der Waals surface area (Å²) in [5, 5.41) is 6.60. The number of nitrogens with zero attached hydrogens (tertiary/aromatic N) is 1. The molecule has 1 saturated carbocycles. The molecule has 1 aliphatic carbocycles. The summed E-state index contributed by atoms with van der Waals surface area (Å²) in [7, 11) is 1.77. The molecule has 0 aromatic rings. The zero-order valence-electron chi connectivity index (χ0n) is 11.9. The van der Waals surface area contributed by atoms with Gasteiger partial charge in [-0.05, 0) is 12.8 Å². The lowest BCUT2D eigenvalue weighted by Gasteiger charge is -2.60. The predicted molar refractivity (Wildman–Crippen MR) is 88.8 cm³/mol. The Labute approximate surface area is 133 Å². The van der Waals surface area contributed by atoms with Gasteiger partial charge < -0.3 is 15.4 Å². The molecule has 2 rings (SSSR count). The molecule has 4 nitrogen and oxygen atoms in total. The zero-order valence-corrected chi connectivity index (χ0v) is 14.2. The summed E-state index contributed by atoms with van der Waals surface area (Å²) in [5.41, 5.74) is 0.152. The maximum Gasteiger partial charge on any atom is 0.191 e. The van der Waals surface area contributed by atoms with Gasteiger partial charge in [0.1, 0.15) is 0 Å². The quantitative estimate of drug-likeness (QED) is 0.333. The number of halogens is 1. The maximum absolute atomic E-state index is 5.89. The zero-order chi connectivity index (χ0) is 13.2. The van der Waals surface area contributed by atoms with Gasteiger partial charge >= 0.3 is 0 Å². The summed E-state index contributed by atoms with van der Waals surface area (Å²) in [6, 6.07) is 0.409. The van der Waals surface area contributed by atoms with E-state index in [0.29, 0.717) is 24.6 Å². The normalized spacial score (nSPS) is 32.1. The van der Waals surface area contributed by atoms with Crippen LogP contribution >= 0.6 is 24.0 Å². The lowest BCUT2D eigenvalue weighted by Crippen LogP contribution is -2.71. The molecule has 2 fully saturated rings. The average Bonchev–Trinajstić information content (AvgIpc) is 2.39. The van der Waals surface area contributed by atoms with Crippen molar-refractivity contribution >= 4 is 29.9 Å². The summed E-state index contributed by atoms with van der Waals surface area (Å²) >= 11 is 0. The van der Waals surface area contributed by atoms with E-state index in [1.165, 1.54) is 6.42 Å². The average molecular weight is 377 g/mol. The van der Waals surface area contributed by atoms with Crippen LogP contribution in [0.2, 0.25) is 0 Å². The number of hydrogen-bond donors (Lipinski definition) is 2. The largest absolute Gasteiger partial charge is 0.377 e. The van der Waals surface area contributed by atoms with Crippen LogP contribution in [0.4, 0.5) is 0 Å². The second-order valence-corrected chi connectivity index (χ2v) is 5.67. The number of ether oxygens (including phenoxy) is 1. The van der Waals surface area contributed by atoms with E-state index < -0.39 is 0 Å². The third-order valence-electron chi connectivity index (χ3n) is 4.20. The molecule has 0 aromatic heterocycles. The van der Waals surface area contributed by atoms with Gasteiger partial charge in [0.25, 0.3) is 0 Å². The Morgan fingerprint density at radius 1 is 1.53 bits per heavy atom. The molecule has 0 radical (unpaired) electrons. The van der Waals surface area contributed by atoms with Crippen LogP contribution in [-0.4, -0.2) is 38.3 Å². The summed E-state index contributed by atoms with van der Waals surface area (Å²) in [6.45, 7) is 5.91. The molecule has 2 aliphatic rings. The van der Waals surface area contributed by atoms with E-state index in [0.717, 1.165) is 19.0 Å². The van der Waals surface area contributed by atoms with Crippen LogP contribution in [0, 0.1) is 23.7 Å². The summed E-state index contributed by atoms with van der Waals surface area (Å²) in [5.74, 6) is 3.94. The Kier molecular flexibility index (Phi) is 5.93. The number of hydrogen-bond acceptors (Lipinski definition) is 2. The van der Waals surface area contributed by atoms with Crippen molar-refractivity contribution in [1.29, 1.82) is 0 Å². The van der Waals surface area contributed by atoms with Crippen molar-refractivity contribution < 1.29 is 4.74 Å². The molecule has 0 amide bonds. The van der Waals surface area contributed by atoms with Crippen LogP contribution in [0.3, 0.4) is 0 Å². The minimum atomic E-state index is 0. The number of guanidine groups is 1. The molecule has 108 valence electrons. The molecule has 1 heterocycles. The SMILES string of the molecule is C#CCNC(=NC)NC1C2CCCOC2C1(C)C.I. The van der Waals surface area contributed by atoms with Gasteiger partial charge in [-0.2, -0.15) is 0 Å². The highest BCUT2D eigenvalue weighted by Gasteiger charge is 2.58. The molecule has 2 N–H and O–H groups in total.